The van der Waals surface area contributed by atoms with Gasteiger partial charge in [0.25, 0.3) is 18.1 Å². The van der Waals surface area contributed by atoms with Crippen LogP contribution in [0.15, 0.2) is 78.6 Å². The molecule has 0 N–H and O–H groups in total. The second kappa shape index (κ2) is 5.56. The lowest BCUT2D eigenvalue weighted by Gasteiger charge is -2.30. The highest BCUT2D eigenvalue weighted by Crippen LogP contribution is 2.30. The van der Waals surface area contributed by atoms with Crippen LogP contribution < -0.4 is 0 Å². The summed E-state index contributed by atoms with van der Waals surface area (Å²) in [4.78, 5) is 4.40. The van der Waals surface area contributed by atoms with Crippen LogP contribution in [-0.2, 0) is 25.2 Å². The summed E-state index contributed by atoms with van der Waals surface area (Å²) in [7, 11) is 0. The number of aromatic nitrogens is 1. The number of hydrogen-bond donors (Lipinski definition) is 0. The van der Waals surface area contributed by atoms with Crippen LogP contribution in [0.1, 0.15) is 5.69 Å². The quantitative estimate of drug-likeness (QED) is 0.586. The third kappa shape index (κ3) is 2.37. The molecule has 0 spiro atoms. The molecule has 0 aliphatic carbocycles. The molecule has 0 fully saturated rings. The van der Waals surface area contributed by atoms with E-state index in [2.05, 4.69) is 4.98 Å². The molecule has 1 aromatic rings. The van der Waals surface area contributed by atoms with Gasteiger partial charge in [-0.2, -0.15) is 0 Å². The molecule has 0 bridgehead atoms. The molecule has 0 atom stereocenters. The Hall–Kier alpha value is -1.98. The summed E-state index contributed by atoms with van der Waals surface area (Å²) in [6.07, 6.45) is 15.1. The Kier molecular flexibility index (Phi) is 3.62. The van der Waals surface area contributed by atoms with Gasteiger partial charge in [-0.15, -0.1) is 0 Å². The van der Waals surface area contributed by atoms with Crippen molar-refractivity contribution in [3.63, 3.8) is 0 Å². The fraction of sp³-hybridized carbons (Fsp3) is 0. The minimum atomic E-state index is 0.872. The lowest BCUT2D eigenvalue weighted by Crippen LogP contribution is -2.18. The van der Waals surface area contributed by atoms with Gasteiger partial charge in [0, 0.05) is 12.3 Å². The molecule has 20 heavy (non-hydrogen) atoms. The predicted octanol–water partition coefficient (Wildman–Crippen LogP) is 2.79. The van der Waals surface area contributed by atoms with E-state index in [0.29, 0.717) is 0 Å². The summed E-state index contributed by atoms with van der Waals surface area (Å²) in [5.74, 6) is 0. The van der Waals surface area contributed by atoms with E-state index in [4.69, 9.17) is 25.2 Å². The van der Waals surface area contributed by atoms with Gasteiger partial charge in [0.1, 0.15) is 0 Å². The molecule has 0 amide bonds. The van der Waals surface area contributed by atoms with Gasteiger partial charge in [-0.1, -0.05) is 16.1 Å². The molecule has 3 nitrogen and oxygen atoms in total. The zero-order chi connectivity index (χ0) is 13.9. The van der Waals surface area contributed by atoms with E-state index in [1.54, 1.807) is 14.4 Å². The Balaban J connectivity index is 2.17. The number of pyridine rings is 1. The van der Waals surface area contributed by atoms with Gasteiger partial charge >= 0.3 is 0 Å². The predicted molar refractivity (Wildman–Crippen MR) is 83.5 cm³/mol. The van der Waals surface area contributed by atoms with Gasteiger partial charge in [-0.25, -0.2) is 0 Å². The van der Waals surface area contributed by atoms with Crippen molar-refractivity contribution in [1.29, 1.82) is 0 Å². The minimum absolute atomic E-state index is 0.872. The Bertz CT molecular complexity index is 697. The highest BCUT2D eigenvalue weighted by Gasteiger charge is 2.26. The van der Waals surface area contributed by atoms with Crippen LogP contribution in [0, 0.1) is 0 Å². The van der Waals surface area contributed by atoms with Gasteiger partial charge < -0.3 is 17.1 Å². The number of allylic oxidation sites excluding steroid dienone is 6. The molecule has 0 aromatic carbocycles. The highest BCUT2D eigenvalue weighted by atomic mass is 32.1. The third-order valence-corrected chi connectivity index (χ3v) is 3.59. The smallest absolute Gasteiger partial charge is 0.276 e. The normalized spacial score (nSPS) is 21.4. The van der Waals surface area contributed by atoms with E-state index < -0.39 is 0 Å². The van der Waals surface area contributed by atoms with Crippen LogP contribution in [0.25, 0.3) is 5.57 Å². The SMILES string of the molecule is S=[N+]1C=CC=C(c2ccccn2)C1=C1C=CC=CN1[S-]. The van der Waals surface area contributed by atoms with Crippen molar-refractivity contribution < 1.29 is 3.95 Å². The fourth-order valence-electron chi connectivity index (χ4n) is 2.08. The van der Waals surface area contributed by atoms with Crippen LogP contribution in [0.5, 0.6) is 0 Å². The molecular formula is C15H11N3S2. The van der Waals surface area contributed by atoms with Gasteiger partial charge in [-0.05, 0) is 36.6 Å². The van der Waals surface area contributed by atoms with Gasteiger partial charge in [0.05, 0.1) is 17.0 Å². The fourth-order valence-corrected chi connectivity index (χ4v) is 2.56. The summed E-state index contributed by atoms with van der Waals surface area (Å²) in [5, 5.41) is 0. The Morgan fingerprint density at radius 3 is 2.85 bits per heavy atom. The van der Waals surface area contributed by atoms with Crippen molar-refractivity contribution in [2.45, 2.75) is 0 Å². The summed E-state index contributed by atoms with van der Waals surface area (Å²) in [5.41, 5.74) is 3.59. The molecule has 2 aliphatic heterocycles. The van der Waals surface area contributed by atoms with Gasteiger partial charge in [-0.3, -0.25) is 4.98 Å². The molecule has 2 aliphatic rings. The summed E-state index contributed by atoms with van der Waals surface area (Å²) in [6.45, 7) is 0. The zero-order valence-electron chi connectivity index (χ0n) is 10.5. The van der Waals surface area contributed by atoms with E-state index in [1.165, 1.54) is 0 Å². The van der Waals surface area contributed by atoms with Crippen molar-refractivity contribution in [3.05, 3.63) is 84.3 Å². The molecule has 3 heterocycles. The summed E-state index contributed by atoms with van der Waals surface area (Å²) < 4.78 is 3.30. The first-order valence-electron chi connectivity index (χ1n) is 6.09. The van der Waals surface area contributed by atoms with Crippen LogP contribution in [0.2, 0.25) is 0 Å². The molecule has 3 rings (SSSR count). The maximum absolute atomic E-state index is 5.41. The second-order valence-corrected chi connectivity index (χ2v) is 5.01. The standard InChI is InChI=1S/C15H11N3S2/c19-17-10-4-2-8-14(17)15-12(6-5-11-18(15)20)13-7-1-3-9-16-13/h1-11H. The topological polar surface area (TPSA) is 19.1 Å². The van der Waals surface area contributed by atoms with Crippen LogP contribution in [0.3, 0.4) is 0 Å². The van der Waals surface area contributed by atoms with Crippen molar-refractivity contribution in [2.24, 2.45) is 0 Å². The largest absolute Gasteiger partial charge is 0.661 e. The number of hydrogen-bond acceptors (Lipinski definition) is 4. The van der Waals surface area contributed by atoms with E-state index in [0.717, 1.165) is 22.7 Å². The molecule has 0 unspecified atom stereocenters. The first-order chi connectivity index (χ1) is 9.77. The molecule has 0 radical (unpaired) electrons. The van der Waals surface area contributed by atoms with E-state index in [9.17, 15) is 0 Å². The summed E-state index contributed by atoms with van der Waals surface area (Å²) >= 11 is 10.8. The highest BCUT2D eigenvalue weighted by molar-refractivity contribution is 7.56. The maximum Gasteiger partial charge on any atom is 0.276 e. The second-order valence-electron chi connectivity index (χ2n) is 4.22. The molecular weight excluding hydrogens is 286 g/mol. The van der Waals surface area contributed by atoms with E-state index in [-0.39, 0.29) is 0 Å². The zero-order valence-corrected chi connectivity index (χ0v) is 12.1. The van der Waals surface area contributed by atoms with Crippen LogP contribution >= 0.6 is 0 Å². The molecule has 1 aromatic heterocycles. The maximum atomic E-state index is 5.41. The lowest BCUT2D eigenvalue weighted by atomic mass is 10.0. The van der Waals surface area contributed by atoms with Crippen molar-refractivity contribution in [2.75, 3.05) is 0 Å². The monoisotopic (exact) mass is 297 g/mol. The Morgan fingerprint density at radius 1 is 1.20 bits per heavy atom. The van der Waals surface area contributed by atoms with Gasteiger partial charge in [0.2, 0.25) is 0 Å². The first kappa shape index (κ1) is 13.0. The average molecular weight is 297 g/mol. The average Bonchev–Trinajstić information content (AvgIpc) is 2.49. The Labute approximate surface area is 128 Å². The minimum Gasteiger partial charge on any atom is -0.661 e. The van der Waals surface area contributed by atoms with E-state index >= 15 is 0 Å². The van der Waals surface area contributed by atoms with Gasteiger partial charge in [0.15, 0.2) is 6.20 Å². The first-order valence-corrected chi connectivity index (χ1v) is 6.82. The van der Waals surface area contributed by atoms with Crippen molar-refractivity contribution >= 4 is 30.8 Å². The third-order valence-electron chi connectivity index (χ3n) is 2.97. The molecule has 0 saturated heterocycles. The van der Waals surface area contributed by atoms with Crippen molar-refractivity contribution in [1.82, 2.24) is 9.29 Å². The number of nitrogens with zero attached hydrogens (tertiary/aromatic N) is 3. The Morgan fingerprint density at radius 2 is 2.10 bits per heavy atom. The van der Waals surface area contributed by atoms with Crippen LogP contribution in [0.4, 0.5) is 0 Å². The molecule has 0 saturated carbocycles. The van der Waals surface area contributed by atoms with Crippen LogP contribution in [-0.4, -0.2) is 13.2 Å². The number of rotatable bonds is 1. The molecule has 5 heteroatoms. The van der Waals surface area contributed by atoms with Crippen molar-refractivity contribution in [3.8, 4) is 0 Å². The van der Waals surface area contributed by atoms with E-state index in [1.807, 2.05) is 61.0 Å². The molecule has 98 valence electrons. The lowest BCUT2D eigenvalue weighted by molar-refractivity contribution is -0.361. The summed E-state index contributed by atoms with van der Waals surface area (Å²) in [6, 6.07) is 5.81.